The fourth-order valence-corrected chi connectivity index (χ4v) is 3.02. The normalized spacial score (nSPS) is 10.9. The SMILES string of the molecule is Cc1cc(CC(=O)Nc2ccc(-c3ccc4nc(N)nn4c3)cc2)ccc1F. The first-order valence-corrected chi connectivity index (χ1v) is 8.75. The number of fused-ring (bicyclic) bond motifs is 1. The number of aromatic nitrogens is 3. The number of hydrogen-bond donors (Lipinski definition) is 2. The maximum Gasteiger partial charge on any atom is 0.240 e. The van der Waals surface area contributed by atoms with Crippen LogP contribution in [0.3, 0.4) is 0 Å². The monoisotopic (exact) mass is 375 g/mol. The molecule has 4 aromatic rings. The van der Waals surface area contributed by atoms with Gasteiger partial charge in [0.1, 0.15) is 5.82 Å². The quantitative estimate of drug-likeness (QED) is 0.571. The van der Waals surface area contributed by atoms with Crippen molar-refractivity contribution in [2.75, 3.05) is 11.1 Å². The molecule has 3 N–H and O–H groups in total. The van der Waals surface area contributed by atoms with Gasteiger partial charge >= 0.3 is 0 Å². The molecule has 0 fully saturated rings. The zero-order valence-corrected chi connectivity index (χ0v) is 15.2. The summed E-state index contributed by atoms with van der Waals surface area (Å²) in [7, 11) is 0. The summed E-state index contributed by atoms with van der Waals surface area (Å²) in [4.78, 5) is 16.3. The van der Waals surface area contributed by atoms with E-state index < -0.39 is 0 Å². The van der Waals surface area contributed by atoms with Crippen molar-refractivity contribution in [1.82, 2.24) is 14.6 Å². The van der Waals surface area contributed by atoms with E-state index in [0.717, 1.165) is 16.7 Å². The van der Waals surface area contributed by atoms with Crippen molar-refractivity contribution >= 4 is 23.2 Å². The molecular formula is C21H18FN5O. The van der Waals surface area contributed by atoms with E-state index in [1.54, 1.807) is 23.6 Å². The summed E-state index contributed by atoms with van der Waals surface area (Å²) in [6, 6.07) is 16.0. The van der Waals surface area contributed by atoms with Gasteiger partial charge in [-0.15, -0.1) is 5.10 Å². The number of hydrogen-bond acceptors (Lipinski definition) is 4. The number of nitrogen functional groups attached to an aromatic ring is 1. The van der Waals surface area contributed by atoms with Gasteiger partial charge in [0.15, 0.2) is 5.65 Å². The lowest BCUT2D eigenvalue weighted by Crippen LogP contribution is -2.14. The van der Waals surface area contributed by atoms with Crippen molar-refractivity contribution < 1.29 is 9.18 Å². The average Bonchev–Trinajstić information content (AvgIpc) is 3.04. The summed E-state index contributed by atoms with van der Waals surface area (Å²) in [5.74, 6) is -0.198. The molecular weight excluding hydrogens is 357 g/mol. The lowest BCUT2D eigenvalue weighted by molar-refractivity contribution is -0.115. The molecule has 0 unspecified atom stereocenters. The molecule has 2 aromatic heterocycles. The molecule has 0 radical (unpaired) electrons. The minimum Gasteiger partial charge on any atom is -0.366 e. The standard InChI is InChI=1S/C21H18FN5O/c1-13-10-14(2-8-18(13)22)11-20(28)24-17-6-3-15(4-7-17)16-5-9-19-25-21(23)26-27(19)12-16/h2-10,12H,11H2,1H3,(H2,23,26)(H,24,28). The first kappa shape index (κ1) is 17.7. The summed E-state index contributed by atoms with van der Waals surface area (Å²) >= 11 is 0. The van der Waals surface area contributed by atoms with Crippen LogP contribution in [0.1, 0.15) is 11.1 Å². The van der Waals surface area contributed by atoms with Gasteiger partial charge in [-0.3, -0.25) is 4.79 Å². The highest BCUT2D eigenvalue weighted by Crippen LogP contribution is 2.22. The maximum atomic E-state index is 13.3. The number of halogens is 1. The lowest BCUT2D eigenvalue weighted by atomic mass is 10.1. The van der Waals surface area contributed by atoms with E-state index in [9.17, 15) is 9.18 Å². The van der Waals surface area contributed by atoms with Crippen LogP contribution in [-0.4, -0.2) is 20.5 Å². The van der Waals surface area contributed by atoms with Crippen LogP contribution in [0.4, 0.5) is 16.0 Å². The Morgan fingerprint density at radius 3 is 2.61 bits per heavy atom. The molecule has 7 heteroatoms. The number of aryl methyl sites for hydroxylation is 1. The van der Waals surface area contributed by atoms with Crippen LogP contribution in [0.5, 0.6) is 0 Å². The van der Waals surface area contributed by atoms with Crippen molar-refractivity contribution in [3.8, 4) is 11.1 Å². The van der Waals surface area contributed by atoms with E-state index in [-0.39, 0.29) is 24.1 Å². The number of nitrogens with one attached hydrogen (secondary N) is 1. The number of nitrogens with two attached hydrogens (primary N) is 1. The fourth-order valence-electron chi connectivity index (χ4n) is 3.02. The van der Waals surface area contributed by atoms with E-state index in [2.05, 4.69) is 15.4 Å². The summed E-state index contributed by atoms with van der Waals surface area (Å²) < 4.78 is 15.0. The molecule has 1 amide bonds. The molecule has 28 heavy (non-hydrogen) atoms. The Hall–Kier alpha value is -3.74. The second-order valence-corrected chi connectivity index (χ2v) is 6.58. The fraction of sp³-hybridized carbons (Fsp3) is 0.0952. The zero-order valence-electron chi connectivity index (χ0n) is 15.2. The molecule has 0 spiro atoms. The predicted molar refractivity (Wildman–Crippen MR) is 106 cm³/mol. The first-order valence-electron chi connectivity index (χ1n) is 8.75. The summed E-state index contributed by atoms with van der Waals surface area (Å²) in [6.07, 6.45) is 2.04. The second-order valence-electron chi connectivity index (χ2n) is 6.58. The van der Waals surface area contributed by atoms with Crippen LogP contribution in [0, 0.1) is 12.7 Å². The van der Waals surface area contributed by atoms with Crippen LogP contribution < -0.4 is 11.1 Å². The van der Waals surface area contributed by atoms with Crippen molar-refractivity contribution in [3.05, 3.63) is 77.7 Å². The maximum absolute atomic E-state index is 13.3. The van der Waals surface area contributed by atoms with E-state index in [0.29, 0.717) is 16.9 Å². The molecule has 2 heterocycles. The Kier molecular flexibility index (Phi) is 4.49. The number of amides is 1. The van der Waals surface area contributed by atoms with Crippen molar-refractivity contribution in [1.29, 1.82) is 0 Å². The number of anilines is 2. The van der Waals surface area contributed by atoms with Gasteiger partial charge in [-0.05, 0) is 53.9 Å². The van der Waals surface area contributed by atoms with E-state index in [1.165, 1.54) is 6.07 Å². The molecule has 0 saturated carbocycles. The first-order chi connectivity index (χ1) is 13.5. The predicted octanol–water partition coefficient (Wildman–Crippen LogP) is 3.61. The Labute approximate surface area is 160 Å². The van der Waals surface area contributed by atoms with E-state index in [1.807, 2.05) is 42.6 Å². The Morgan fingerprint density at radius 1 is 1.11 bits per heavy atom. The molecule has 4 rings (SSSR count). The Morgan fingerprint density at radius 2 is 1.86 bits per heavy atom. The van der Waals surface area contributed by atoms with E-state index in [4.69, 9.17) is 5.73 Å². The molecule has 0 atom stereocenters. The van der Waals surface area contributed by atoms with Gasteiger partial charge in [0.05, 0.1) is 6.42 Å². The van der Waals surface area contributed by atoms with Gasteiger partial charge < -0.3 is 11.1 Å². The summed E-state index contributed by atoms with van der Waals surface area (Å²) in [5, 5.41) is 6.97. The van der Waals surface area contributed by atoms with Crippen molar-refractivity contribution in [3.63, 3.8) is 0 Å². The van der Waals surface area contributed by atoms with Gasteiger partial charge in [0.25, 0.3) is 0 Å². The third-order valence-electron chi connectivity index (χ3n) is 4.44. The van der Waals surface area contributed by atoms with E-state index >= 15 is 0 Å². The lowest BCUT2D eigenvalue weighted by Gasteiger charge is -2.08. The number of carbonyl (C=O) groups is 1. The highest BCUT2D eigenvalue weighted by atomic mass is 19.1. The third-order valence-corrected chi connectivity index (χ3v) is 4.44. The molecule has 0 bridgehead atoms. The number of pyridine rings is 1. The van der Waals surface area contributed by atoms with Crippen LogP contribution >= 0.6 is 0 Å². The third kappa shape index (κ3) is 3.68. The van der Waals surface area contributed by atoms with Gasteiger partial charge in [-0.2, -0.15) is 4.98 Å². The molecule has 6 nitrogen and oxygen atoms in total. The molecule has 0 aliphatic rings. The topological polar surface area (TPSA) is 85.3 Å². The second kappa shape index (κ2) is 7.11. The summed E-state index contributed by atoms with van der Waals surface area (Å²) in [6.45, 7) is 1.68. The smallest absolute Gasteiger partial charge is 0.240 e. The Balaban J connectivity index is 1.46. The number of nitrogens with zero attached hydrogens (tertiary/aromatic N) is 3. The highest BCUT2D eigenvalue weighted by molar-refractivity contribution is 5.92. The van der Waals surface area contributed by atoms with Gasteiger partial charge in [0.2, 0.25) is 11.9 Å². The number of benzene rings is 2. The molecule has 2 aromatic carbocycles. The zero-order chi connectivity index (χ0) is 19.7. The molecule has 0 aliphatic heterocycles. The number of carbonyl (C=O) groups excluding carboxylic acids is 1. The average molecular weight is 375 g/mol. The van der Waals surface area contributed by atoms with Gasteiger partial charge in [-0.25, -0.2) is 8.91 Å². The minimum absolute atomic E-state index is 0.154. The number of rotatable bonds is 4. The highest BCUT2D eigenvalue weighted by Gasteiger charge is 2.07. The molecule has 140 valence electrons. The molecule has 0 saturated heterocycles. The van der Waals surface area contributed by atoms with Crippen molar-refractivity contribution in [2.24, 2.45) is 0 Å². The minimum atomic E-state index is -0.272. The largest absolute Gasteiger partial charge is 0.366 e. The van der Waals surface area contributed by atoms with Gasteiger partial charge in [0, 0.05) is 17.4 Å². The van der Waals surface area contributed by atoms with Gasteiger partial charge in [-0.1, -0.05) is 24.3 Å². The van der Waals surface area contributed by atoms with Crippen LogP contribution in [0.15, 0.2) is 60.8 Å². The Bertz CT molecular complexity index is 1170. The summed E-state index contributed by atoms with van der Waals surface area (Å²) in [5.41, 5.74) is 10.2. The van der Waals surface area contributed by atoms with Crippen LogP contribution in [0.2, 0.25) is 0 Å². The molecule has 0 aliphatic carbocycles. The van der Waals surface area contributed by atoms with Crippen LogP contribution in [0.25, 0.3) is 16.8 Å². The van der Waals surface area contributed by atoms with Crippen LogP contribution in [-0.2, 0) is 11.2 Å². The van der Waals surface area contributed by atoms with Crippen molar-refractivity contribution in [2.45, 2.75) is 13.3 Å².